The van der Waals surface area contributed by atoms with Crippen molar-refractivity contribution in [2.45, 2.75) is 39.5 Å². The van der Waals surface area contributed by atoms with Gasteiger partial charge < -0.3 is 4.74 Å². The van der Waals surface area contributed by atoms with Crippen LogP contribution in [0.4, 0.5) is 0 Å². The molecule has 0 rings (SSSR count). The fraction of sp³-hybridized carbons (Fsp3) is 0.900. The summed E-state index contributed by atoms with van der Waals surface area (Å²) in [6, 6.07) is 0. The molecule has 0 saturated carbocycles. The van der Waals surface area contributed by atoms with Crippen molar-refractivity contribution in [2.75, 3.05) is 13.7 Å². The molecule has 0 amide bonds. The minimum atomic E-state index is 0.376. The SMILES string of the molecule is CCC(C)CC(=O)CCCOC. The van der Waals surface area contributed by atoms with Gasteiger partial charge >= 0.3 is 0 Å². The van der Waals surface area contributed by atoms with Crippen molar-refractivity contribution in [3.63, 3.8) is 0 Å². The van der Waals surface area contributed by atoms with E-state index < -0.39 is 0 Å². The fourth-order valence-electron chi connectivity index (χ4n) is 1.05. The molecule has 0 aliphatic heterocycles. The molecule has 0 heterocycles. The molecule has 0 fully saturated rings. The van der Waals surface area contributed by atoms with Crippen molar-refractivity contribution in [1.82, 2.24) is 0 Å². The van der Waals surface area contributed by atoms with Gasteiger partial charge in [-0.1, -0.05) is 20.3 Å². The first kappa shape index (κ1) is 11.6. The highest BCUT2D eigenvalue weighted by Gasteiger charge is 2.06. The van der Waals surface area contributed by atoms with E-state index in [1.807, 2.05) is 0 Å². The maximum atomic E-state index is 11.2. The summed E-state index contributed by atoms with van der Waals surface area (Å²) in [5.74, 6) is 0.918. The molecule has 0 saturated heterocycles. The Balaban J connectivity index is 3.33. The molecular weight excluding hydrogens is 152 g/mol. The second-order valence-corrected chi connectivity index (χ2v) is 3.35. The molecule has 2 heteroatoms. The van der Waals surface area contributed by atoms with Crippen molar-refractivity contribution in [3.8, 4) is 0 Å². The van der Waals surface area contributed by atoms with Gasteiger partial charge in [-0.15, -0.1) is 0 Å². The molecule has 0 aliphatic carbocycles. The van der Waals surface area contributed by atoms with Crippen molar-refractivity contribution >= 4 is 5.78 Å². The van der Waals surface area contributed by atoms with Gasteiger partial charge in [0.05, 0.1) is 0 Å². The van der Waals surface area contributed by atoms with E-state index in [0.717, 1.165) is 19.3 Å². The van der Waals surface area contributed by atoms with Crippen LogP contribution < -0.4 is 0 Å². The first-order valence-electron chi connectivity index (χ1n) is 4.71. The quantitative estimate of drug-likeness (QED) is 0.551. The number of hydrogen-bond acceptors (Lipinski definition) is 2. The third-order valence-corrected chi connectivity index (χ3v) is 2.08. The molecule has 72 valence electrons. The van der Waals surface area contributed by atoms with Crippen LogP contribution in [-0.4, -0.2) is 19.5 Å². The molecule has 0 N–H and O–H groups in total. The molecular formula is C10H20O2. The average molecular weight is 172 g/mol. The van der Waals surface area contributed by atoms with Crippen LogP contribution in [0.1, 0.15) is 39.5 Å². The normalized spacial score (nSPS) is 12.9. The summed E-state index contributed by atoms with van der Waals surface area (Å²) in [6.45, 7) is 4.94. The lowest BCUT2D eigenvalue weighted by molar-refractivity contribution is -0.120. The Kier molecular flexibility index (Phi) is 7.06. The van der Waals surface area contributed by atoms with Crippen LogP contribution >= 0.6 is 0 Å². The van der Waals surface area contributed by atoms with Gasteiger partial charge in [0.1, 0.15) is 5.78 Å². The maximum Gasteiger partial charge on any atom is 0.133 e. The van der Waals surface area contributed by atoms with Crippen molar-refractivity contribution in [2.24, 2.45) is 5.92 Å². The molecule has 2 nitrogen and oxygen atoms in total. The van der Waals surface area contributed by atoms with E-state index in [0.29, 0.717) is 24.7 Å². The highest BCUT2D eigenvalue weighted by Crippen LogP contribution is 2.09. The first-order chi connectivity index (χ1) is 5.70. The summed E-state index contributed by atoms with van der Waals surface area (Å²) in [4.78, 5) is 11.2. The summed E-state index contributed by atoms with van der Waals surface area (Å²) in [5.41, 5.74) is 0. The molecule has 1 atom stereocenters. The van der Waals surface area contributed by atoms with E-state index in [1.54, 1.807) is 7.11 Å². The van der Waals surface area contributed by atoms with Gasteiger partial charge in [0.2, 0.25) is 0 Å². The van der Waals surface area contributed by atoms with Crippen molar-refractivity contribution in [3.05, 3.63) is 0 Å². The van der Waals surface area contributed by atoms with Crippen LogP contribution in [0.15, 0.2) is 0 Å². The monoisotopic (exact) mass is 172 g/mol. The molecule has 0 spiro atoms. The Labute approximate surface area is 75.3 Å². The zero-order valence-corrected chi connectivity index (χ0v) is 8.43. The van der Waals surface area contributed by atoms with E-state index in [-0.39, 0.29) is 0 Å². The molecule has 0 bridgehead atoms. The molecule has 0 aliphatic rings. The first-order valence-corrected chi connectivity index (χ1v) is 4.71. The van der Waals surface area contributed by atoms with Gasteiger partial charge in [-0.3, -0.25) is 4.79 Å². The van der Waals surface area contributed by atoms with Crippen LogP contribution in [-0.2, 0) is 9.53 Å². The largest absolute Gasteiger partial charge is 0.385 e. The Hall–Kier alpha value is -0.370. The summed E-state index contributed by atoms with van der Waals surface area (Å²) >= 11 is 0. The van der Waals surface area contributed by atoms with Crippen LogP contribution in [0, 0.1) is 5.92 Å². The second kappa shape index (κ2) is 7.29. The molecule has 0 aromatic heterocycles. The Morgan fingerprint density at radius 3 is 2.67 bits per heavy atom. The van der Waals surface area contributed by atoms with Gasteiger partial charge in [0.15, 0.2) is 0 Å². The van der Waals surface area contributed by atoms with Crippen LogP contribution in [0.2, 0.25) is 0 Å². The molecule has 1 unspecified atom stereocenters. The minimum absolute atomic E-state index is 0.376. The number of ether oxygens (including phenoxy) is 1. The van der Waals surface area contributed by atoms with E-state index in [1.165, 1.54) is 0 Å². The minimum Gasteiger partial charge on any atom is -0.385 e. The lowest BCUT2D eigenvalue weighted by atomic mass is 10.00. The molecule has 0 aromatic rings. The van der Waals surface area contributed by atoms with Gasteiger partial charge in [-0.25, -0.2) is 0 Å². The topological polar surface area (TPSA) is 26.3 Å². The van der Waals surface area contributed by atoms with E-state index in [2.05, 4.69) is 13.8 Å². The van der Waals surface area contributed by atoms with E-state index >= 15 is 0 Å². The van der Waals surface area contributed by atoms with Crippen LogP contribution in [0.3, 0.4) is 0 Å². The van der Waals surface area contributed by atoms with Crippen molar-refractivity contribution < 1.29 is 9.53 Å². The zero-order chi connectivity index (χ0) is 9.40. The predicted molar refractivity (Wildman–Crippen MR) is 50.2 cm³/mol. The second-order valence-electron chi connectivity index (χ2n) is 3.35. The van der Waals surface area contributed by atoms with E-state index in [9.17, 15) is 4.79 Å². The van der Waals surface area contributed by atoms with Gasteiger partial charge in [-0.05, 0) is 12.3 Å². The number of hydrogen-bond donors (Lipinski definition) is 0. The number of ketones is 1. The number of Topliss-reactive ketones (excluding diaryl/α,β-unsaturated/α-hetero) is 1. The highest BCUT2D eigenvalue weighted by molar-refractivity contribution is 5.78. The molecule has 0 radical (unpaired) electrons. The highest BCUT2D eigenvalue weighted by atomic mass is 16.5. The number of rotatable bonds is 7. The summed E-state index contributed by atoms with van der Waals surface area (Å²) in [6.07, 6.45) is 3.38. The zero-order valence-electron chi connectivity index (χ0n) is 8.43. The van der Waals surface area contributed by atoms with Gasteiger partial charge in [-0.2, -0.15) is 0 Å². The average Bonchev–Trinajstić information content (AvgIpc) is 2.05. The summed E-state index contributed by atoms with van der Waals surface area (Å²) < 4.78 is 4.87. The standard InChI is InChI=1S/C10H20O2/c1-4-9(2)8-10(11)6-5-7-12-3/h9H,4-8H2,1-3H3. The predicted octanol–water partition coefficient (Wildman–Crippen LogP) is 2.42. The third-order valence-electron chi connectivity index (χ3n) is 2.08. The Morgan fingerprint density at radius 1 is 1.50 bits per heavy atom. The number of methoxy groups -OCH3 is 1. The molecule has 12 heavy (non-hydrogen) atoms. The maximum absolute atomic E-state index is 11.2. The van der Waals surface area contributed by atoms with Gasteiger partial charge in [0.25, 0.3) is 0 Å². The van der Waals surface area contributed by atoms with Crippen LogP contribution in [0.25, 0.3) is 0 Å². The number of carbonyl (C=O) groups is 1. The smallest absolute Gasteiger partial charge is 0.133 e. The summed E-state index contributed by atoms with van der Waals surface area (Å²) in [5, 5.41) is 0. The van der Waals surface area contributed by atoms with Crippen molar-refractivity contribution in [1.29, 1.82) is 0 Å². The Morgan fingerprint density at radius 2 is 2.17 bits per heavy atom. The Bertz CT molecular complexity index is 121. The van der Waals surface area contributed by atoms with Crippen LogP contribution in [0.5, 0.6) is 0 Å². The van der Waals surface area contributed by atoms with Gasteiger partial charge in [0, 0.05) is 26.6 Å². The summed E-state index contributed by atoms with van der Waals surface area (Å²) in [7, 11) is 1.67. The van der Waals surface area contributed by atoms with E-state index in [4.69, 9.17) is 4.74 Å². The lowest BCUT2D eigenvalue weighted by Gasteiger charge is -2.06. The lowest BCUT2D eigenvalue weighted by Crippen LogP contribution is -2.05. The number of carbonyl (C=O) groups excluding carboxylic acids is 1. The fourth-order valence-corrected chi connectivity index (χ4v) is 1.05. The third kappa shape index (κ3) is 6.35. The molecule has 0 aromatic carbocycles.